The Balaban J connectivity index is 1.35. The van der Waals surface area contributed by atoms with Gasteiger partial charge in [-0.25, -0.2) is 9.50 Å². The Kier molecular flexibility index (Phi) is 9.89. The first-order valence-corrected chi connectivity index (χ1v) is 14.3. The number of fused-ring (bicyclic) bond motifs is 1. The van der Waals surface area contributed by atoms with Crippen LogP contribution in [0.4, 0.5) is 5.82 Å². The number of hydrogen-bond acceptors (Lipinski definition) is 13. The van der Waals surface area contributed by atoms with Crippen LogP contribution in [-0.2, 0) is 14.3 Å². The largest absolute Gasteiger partial charge is 0.574 e. The number of hydrogen-bond donors (Lipinski definition) is 4. The van der Waals surface area contributed by atoms with Gasteiger partial charge < -0.3 is 35.1 Å². The molecule has 1 saturated heterocycles. The Morgan fingerprint density at radius 3 is 2.64 bits per heavy atom. The van der Waals surface area contributed by atoms with Crippen molar-refractivity contribution in [1.82, 2.24) is 20.0 Å². The predicted octanol–water partition coefficient (Wildman–Crippen LogP) is 1.31. The zero-order valence-electron chi connectivity index (χ0n) is 23.2. The number of aliphatic hydroxyl groups excluding tert-OH is 2. The molecule has 224 valence electrons. The molecule has 1 unspecified atom stereocenters. The summed E-state index contributed by atoms with van der Waals surface area (Å²) in [6, 6.07) is 10.3. The molecule has 15 nitrogen and oxygen atoms in total. The maximum absolute atomic E-state index is 12.2. The first-order chi connectivity index (χ1) is 20.1. The first-order valence-electron chi connectivity index (χ1n) is 13.2. The monoisotopic (exact) mass is 601 g/mol. The van der Waals surface area contributed by atoms with Crippen LogP contribution in [0, 0.1) is 11.3 Å². The smallest absolute Gasteiger partial charge is 0.412 e. The molecule has 0 radical (unpaired) electrons. The molecule has 1 aliphatic rings. The van der Waals surface area contributed by atoms with Gasteiger partial charge in [0.1, 0.15) is 60.7 Å². The number of nitrogen functional groups attached to an aromatic ring is 1. The van der Waals surface area contributed by atoms with E-state index >= 15 is 0 Å². The summed E-state index contributed by atoms with van der Waals surface area (Å²) in [5, 5.41) is 35.6. The van der Waals surface area contributed by atoms with Crippen LogP contribution in [0.1, 0.15) is 45.4 Å². The number of ether oxygens (including phenoxy) is 3. The van der Waals surface area contributed by atoms with E-state index in [2.05, 4.69) is 20.4 Å². The van der Waals surface area contributed by atoms with E-state index in [9.17, 15) is 25.2 Å². The van der Waals surface area contributed by atoms with Crippen molar-refractivity contribution in [2.24, 2.45) is 4.85 Å². The lowest BCUT2D eigenvalue weighted by molar-refractivity contribution is -0.169. The number of carbonyl (C=O) groups excluding carboxylic acids is 1. The molecule has 6 atom stereocenters. The van der Waals surface area contributed by atoms with Crippen LogP contribution in [0.3, 0.4) is 0 Å². The predicted molar refractivity (Wildman–Crippen MR) is 147 cm³/mol. The summed E-state index contributed by atoms with van der Waals surface area (Å²) in [4.78, 5) is 31.9. The Bertz CT molecular complexity index is 1460. The van der Waals surface area contributed by atoms with Crippen LogP contribution in [0.2, 0.25) is 0 Å². The molecular formula is C26H32N7O8P. The zero-order valence-corrected chi connectivity index (χ0v) is 24.0. The van der Waals surface area contributed by atoms with Crippen molar-refractivity contribution in [3.05, 3.63) is 48.4 Å². The Morgan fingerprint density at radius 1 is 1.29 bits per heavy atom. The fraction of sp³-hybridized carbons (Fsp3) is 0.462. The molecule has 0 saturated carbocycles. The lowest BCUT2D eigenvalue weighted by Gasteiger charge is -2.24. The van der Waals surface area contributed by atoms with Gasteiger partial charge in [0.2, 0.25) is 5.60 Å². The summed E-state index contributed by atoms with van der Waals surface area (Å²) in [5.74, 6) is 0.184. The van der Waals surface area contributed by atoms with E-state index in [0.29, 0.717) is 24.1 Å². The second-order valence-electron chi connectivity index (χ2n) is 9.59. The number of benzene rings is 1. The van der Waals surface area contributed by atoms with E-state index in [-0.39, 0.29) is 23.4 Å². The quantitative estimate of drug-likeness (QED) is 0.131. The van der Waals surface area contributed by atoms with E-state index < -0.39 is 50.7 Å². The van der Waals surface area contributed by atoms with Gasteiger partial charge in [0.05, 0.1) is 5.69 Å². The molecule has 1 aliphatic heterocycles. The van der Waals surface area contributed by atoms with Crippen LogP contribution in [0.5, 0.6) is 11.5 Å². The van der Waals surface area contributed by atoms with Gasteiger partial charge in [0, 0.05) is 4.85 Å². The van der Waals surface area contributed by atoms with Gasteiger partial charge in [-0.15, -0.1) is 0 Å². The molecular weight excluding hydrogens is 569 g/mol. The summed E-state index contributed by atoms with van der Waals surface area (Å²) in [7, 11) is -2.55. The third-order valence-corrected chi connectivity index (χ3v) is 7.43. The number of nitrogens with zero attached hydrogens (tertiary/aromatic N) is 5. The molecule has 2 aromatic heterocycles. The van der Waals surface area contributed by atoms with Gasteiger partial charge in [-0.3, -0.25) is 9.32 Å². The molecule has 0 spiro atoms. The Hall–Kier alpha value is -3.90. The molecule has 1 fully saturated rings. The van der Waals surface area contributed by atoms with E-state index in [1.165, 1.54) is 42.0 Å². The van der Waals surface area contributed by atoms with Gasteiger partial charge in [0.15, 0.2) is 11.6 Å². The van der Waals surface area contributed by atoms with Crippen molar-refractivity contribution in [2.45, 2.75) is 69.7 Å². The summed E-state index contributed by atoms with van der Waals surface area (Å²) in [5.41, 5.74) is 7.30. The Morgan fingerprint density at radius 2 is 1.98 bits per heavy atom. The summed E-state index contributed by atoms with van der Waals surface area (Å²) < 4.78 is 23.6. The van der Waals surface area contributed by atoms with E-state index in [1.54, 1.807) is 12.1 Å². The van der Waals surface area contributed by atoms with Crippen molar-refractivity contribution in [1.29, 1.82) is 5.26 Å². The molecule has 0 bridgehead atoms. The van der Waals surface area contributed by atoms with Gasteiger partial charge >= 0.3 is 14.1 Å². The van der Waals surface area contributed by atoms with Crippen molar-refractivity contribution >= 4 is 25.5 Å². The van der Waals surface area contributed by atoms with Crippen molar-refractivity contribution in [3.8, 4) is 17.6 Å². The molecule has 1 aromatic carbocycles. The molecule has 42 heavy (non-hydrogen) atoms. The number of nitriles is 1. The molecule has 16 heteroatoms. The van der Waals surface area contributed by atoms with Gasteiger partial charge in [-0.1, -0.05) is 13.8 Å². The average molecular weight is 602 g/mol. The number of nitrogens with one attached hydrogen (secondary N) is 1. The van der Waals surface area contributed by atoms with E-state index in [4.69, 9.17) is 24.5 Å². The number of aromatic nitrogens is 3. The molecule has 0 aliphatic carbocycles. The molecule has 5 N–H and O–H groups in total. The fourth-order valence-corrected chi connectivity index (χ4v) is 4.89. The SMILES string of the molecule is CCC(CC)OC(=O)[C@H](C)N/N=[P+](\[O-])Oc1ccc(OC[C@@]2(C#N)O[C@@H](c3ccc4c(N)ncnn34)[C@H](O)[C@@H]2O)cc1. The average Bonchev–Trinajstić information content (AvgIpc) is 3.54. The lowest BCUT2D eigenvalue weighted by Crippen LogP contribution is -2.46. The minimum Gasteiger partial charge on any atom is -0.574 e. The van der Waals surface area contributed by atoms with Gasteiger partial charge in [-0.2, -0.15) is 15.8 Å². The summed E-state index contributed by atoms with van der Waals surface area (Å²) >= 11 is 0. The first kappa shape index (κ1) is 31.0. The minimum absolute atomic E-state index is 0.194. The standard InChI is InChI=1S/C26H32N7O8P/c1-4-16(5-2)39-25(36)15(3)31-32-42(37)41-18-8-6-17(7-9-18)38-13-26(12-27)23(35)21(34)22(40-26)19-10-11-20-24(28)29-14-30-33(19)20/h6-11,14-16,21-23,31,34-35H,4-5,13H2,1-3H3,(H2,28,29,30)/t15-,21-,22-,23-,26+/m0/s1. The van der Waals surface area contributed by atoms with Crippen molar-refractivity contribution in [2.75, 3.05) is 12.3 Å². The highest BCUT2D eigenvalue weighted by atomic mass is 31.1. The molecule has 3 heterocycles. The number of esters is 1. The van der Waals surface area contributed by atoms with Crippen LogP contribution < -0.4 is 25.3 Å². The number of carbonyl (C=O) groups is 1. The minimum atomic E-state index is -2.55. The molecule has 4 rings (SSSR count). The highest BCUT2D eigenvalue weighted by Crippen LogP contribution is 2.41. The lowest BCUT2D eigenvalue weighted by atomic mass is 9.96. The maximum atomic E-state index is 12.2. The second kappa shape index (κ2) is 13.4. The zero-order chi connectivity index (χ0) is 30.4. The second-order valence-corrected chi connectivity index (χ2v) is 10.4. The number of aliphatic hydroxyl groups is 2. The molecule has 3 aromatic rings. The van der Waals surface area contributed by atoms with Crippen molar-refractivity contribution in [3.63, 3.8) is 0 Å². The van der Waals surface area contributed by atoms with Crippen LogP contribution >= 0.6 is 8.17 Å². The van der Waals surface area contributed by atoms with Crippen LogP contribution in [0.15, 0.2) is 47.6 Å². The van der Waals surface area contributed by atoms with Gasteiger partial charge in [-0.05, 0) is 56.2 Å². The molecule has 0 amide bonds. The summed E-state index contributed by atoms with van der Waals surface area (Å²) in [6.45, 7) is 4.95. The van der Waals surface area contributed by atoms with Crippen molar-refractivity contribution < 1.29 is 38.6 Å². The highest BCUT2D eigenvalue weighted by Gasteiger charge is 2.56. The third kappa shape index (κ3) is 6.60. The number of anilines is 1. The van der Waals surface area contributed by atoms with Gasteiger partial charge in [0.25, 0.3) is 0 Å². The Labute approximate surface area is 242 Å². The fourth-order valence-electron chi connectivity index (χ4n) is 4.28. The maximum Gasteiger partial charge on any atom is 0.412 e. The summed E-state index contributed by atoms with van der Waals surface area (Å²) in [6.07, 6.45) is -1.75. The van der Waals surface area contributed by atoms with Crippen LogP contribution in [-0.4, -0.2) is 67.3 Å². The number of rotatable bonds is 12. The van der Waals surface area contributed by atoms with E-state index in [0.717, 1.165) is 0 Å². The number of nitrogens with two attached hydrogens (primary N) is 1. The highest BCUT2D eigenvalue weighted by molar-refractivity contribution is 7.33. The van der Waals surface area contributed by atoms with Crippen LogP contribution in [0.25, 0.3) is 5.52 Å². The third-order valence-electron chi connectivity index (χ3n) is 6.78. The normalized spacial score (nSPS) is 23.1. The topological polar surface area (TPSA) is 222 Å². The van der Waals surface area contributed by atoms with E-state index in [1.807, 2.05) is 19.9 Å².